The van der Waals surface area contributed by atoms with Crippen molar-refractivity contribution in [1.82, 2.24) is 25.4 Å². The predicted molar refractivity (Wildman–Crippen MR) is 112 cm³/mol. The molecule has 3 aromatic rings. The quantitative estimate of drug-likeness (QED) is 0.700. The Balaban J connectivity index is 1.92. The fourth-order valence-corrected chi connectivity index (χ4v) is 2.79. The third kappa shape index (κ3) is 5.07. The van der Waals surface area contributed by atoms with Crippen LogP contribution in [0.4, 0.5) is 0 Å². The van der Waals surface area contributed by atoms with Gasteiger partial charge < -0.3 is 10.6 Å². The van der Waals surface area contributed by atoms with Crippen LogP contribution in [0.25, 0.3) is 16.9 Å². The number of hydrogen-bond acceptors (Lipinski definition) is 4. The van der Waals surface area contributed by atoms with E-state index in [9.17, 15) is 9.59 Å². The molecule has 0 spiro atoms. The van der Waals surface area contributed by atoms with Crippen molar-refractivity contribution in [2.24, 2.45) is 0 Å². The van der Waals surface area contributed by atoms with E-state index < -0.39 is 6.04 Å². The van der Waals surface area contributed by atoms with Gasteiger partial charge in [0.15, 0.2) is 0 Å². The first kappa shape index (κ1) is 20.3. The van der Waals surface area contributed by atoms with Crippen LogP contribution in [-0.4, -0.2) is 38.2 Å². The average molecular weight is 391 g/mol. The van der Waals surface area contributed by atoms with E-state index in [-0.39, 0.29) is 17.4 Å². The van der Waals surface area contributed by atoms with Gasteiger partial charge in [-0.2, -0.15) is 5.10 Å². The zero-order chi connectivity index (χ0) is 21.0. The number of hydrogen-bond donors (Lipinski definition) is 2. The number of aromatic nitrogens is 3. The monoisotopic (exact) mass is 391 g/mol. The highest BCUT2D eigenvalue weighted by Gasteiger charge is 2.24. The highest BCUT2D eigenvalue weighted by molar-refractivity contribution is 6.02. The SMILES string of the molecule is CC(NC(=O)c1cn(-c2ccccc2)nc1-c1cccnc1)C(=O)NC(C)(C)C. The van der Waals surface area contributed by atoms with Crippen LogP contribution < -0.4 is 10.6 Å². The minimum atomic E-state index is -0.691. The van der Waals surface area contributed by atoms with Crippen LogP contribution in [0.1, 0.15) is 38.1 Å². The summed E-state index contributed by atoms with van der Waals surface area (Å²) in [6, 6.07) is 12.5. The smallest absolute Gasteiger partial charge is 0.255 e. The maximum absolute atomic E-state index is 13.0. The molecule has 0 saturated carbocycles. The van der Waals surface area contributed by atoms with Crippen molar-refractivity contribution in [3.05, 3.63) is 66.6 Å². The standard InChI is InChI=1S/C22H25N5O2/c1-15(20(28)25-22(2,3)4)24-21(29)18-14-27(17-10-6-5-7-11-17)26-19(18)16-9-8-12-23-13-16/h5-15H,1-4H3,(H,24,29)(H,25,28). The number of amides is 2. The molecule has 1 unspecified atom stereocenters. The van der Waals surface area contributed by atoms with Crippen LogP contribution in [0.3, 0.4) is 0 Å². The van der Waals surface area contributed by atoms with Gasteiger partial charge in [-0.15, -0.1) is 0 Å². The second-order valence-electron chi connectivity index (χ2n) is 7.85. The molecule has 0 aliphatic heterocycles. The van der Waals surface area contributed by atoms with Crippen molar-refractivity contribution in [2.75, 3.05) is 0 Å². The Morgan fingerprint density at radius 1 is 1.07 bits per heavy atom. The summed E-state index contributed by atoms with van der Waals surface area (Å²) in [6.45, 7) is 7.34. The van der Waals surface area contributed by atoms with E-state index in [2.05, 4.69) is 20.7 Å². The molecule has 2 aromatic heterocycles. The van der Waals surface area contributed by atoms with E-state index in [1.54, 1.807) is 36.3 Å². The molecule has 150 valence electrons. The first-order chi connectivity index (χ1) is 13.7. The van der Waals surface area contributed by atoms with Crippen molar-refractivity contribution in [2.45, 2.75) is 39.3 Å². The molecule has 0 aliphatic rings. The summed E-state index contributed by atoms with van der Waals surface area (Å²) < 4.78 is 1.65. The Kier molecular flexibility index (Phi) is 5.77. The molecule has 1 aromatic carbocycles. The van der Waals surface area contributed by atoms with Gasteiger partial charge in [0.1, 0.15) is 11.7 Å². The number of nitrogens with one attached hydrogen (secondary N) is 2. The summed E-state index contributed by atoms with van der Waals surface area (Å²) in [4.78, 5) is 29.5. The molecule has 0 fully saturated rings. The molecule has 2 heterocycles. The summed E-state index contributed by atoms with van der Waals surface area (Å²) >= 11 is 0. The minimum Gasteiger partial charge on any atom is -0.350 e. The highest BCUT2D eigenvalue weighted by atomic mass is 16.2. The van der Waals surface area contributed by atoms with Crippen molar-refractivity contribution >= 4 is 11.8 Å². The molecule has 2 amide bonds. The lowest BCUT2D eigenvalue weighted by molar-refractivity contribution is -0.124. The van der Waals surface area contributed by atoms with Crippen molar-refractivity contribution in [3.8, 4) is 16.9 Å². The van der Waals surface area contributed by atoms with Gasteiger partial charge in [-0.25, -0.2) is 4.68 Å². The van der Waals surface area contributed by atoms with E-state index >= 15 is 0 Å². The van der Waals surface area contributed by atoms with Gasteiger partial charge in [-0.1, -0.05) is 18.2 Å². The topological polar surface area (TPSA) is 88.9 Å². The Labute approximate surface area is 170 Å². The fourth-order valence-electron chi connectivity index (χ4n) is 2.79. The van der Waals surface area contributed by atoms with Crippen molar-refractivity contribution in [1.29, 1.82) is 0 Å². The van der Waals surface area contributed by atoms with E-state index in [0.717, 1.165) is 11.3 Å². The van der Waals surface area contributed by atoms with Crippen LogP contribution in [0.15, 0.2) is 61.1 Å². The molecule has 0 bridgehead atoms. The molecule has 29 heavy (non-hydrogen) atoms. The van der Waals surface area contributed by atoms with Crippen LogP contribution in [0.5, 0.6) is 0 Å². The molecule has 2 N–H and O–H groups in total. The number of carbonyl (C=O) groups is 2. The van der Waals surface area contributed by atoms with Crippen LogP contribution in [0, 0.1) is 0 Å². The van der Waals surface area contributed by atoms with Crippen molar-refractivity contribution in [3.63, 3.8) is 0 Å². The van der Waals surface area contributed by atoms with Gasteiger partial charge in [0, 0.05) is 29.7 Å². The molecular weight excluding hydrogens is 366 g/mol. The maximum atomic E-state index is 13.0. The van der Waals surface area contributed by atoms with Gasteiger partial charge >= 0.3 is 0 Å². The lowest BCUT2D eigenvalue weighted by atomic mass is 10.1. The molecule has 3 rings (SSSR count). The minimum absolute atomic E-state index is 0.246. The van der Waals surface area contributed by atoms with Gasteiger partial charge in [0.05, 0.1) is 11.3 Å². The van der Waals surface area contributed by atoms with Gasteiger partial charge in [-0.05, 0) is 52.0 Å². The van der Waals surface area contributed by atoms with E-state index in [4.69, 9.17) is 0 Å². The molecule has 7 heteroatoms. The summed E-state index contributed by atoms with van der Waals surface area (Å²) in [5, 5.41) is 10.2. The molecular formula is C22H25N5O2. The van der Waals surface area contributed by atoms with E-state index in [0.29, 0.717) is 11.3 Å². The van der Waals surface area contributed by atoms with Crippen molar-refractivity contribution < 1.29 is 9.59 Å². The third-order valence-electron chi connectivity index (χ3n) is 4.15. The van der Waals surface area contributed by atoms with Gasteiger partial charge in [0.2, 0.25) is 5.91 Å². The lowest BCUT2D eigenvalue weighted by Gasteiger charge is -2.23. The number of benzene rings is 1. The first-order valence-corrected chi connectivity index (χ1v) is 9.43. The van der Waals surface area contributed by atoms with E-state index in [1.807, 2.05) is 57.2 Å². The largest absolute Gasteiger partial charge is 0.350 e. The Morgan fingerprint density at radius 2 is 1.79 bits per heavy atom. The first-order valence-electron chi connectivity index (χ1n) is 9.43. The van der Waals surface area contributed by atoms with Crippen LogP contribution >= 0.6 is 0 Å². The molecule has 0 saturated heterocycles. The zero-order valence-corrected chi connectivity index (χ0v) is 17.0. The maximum Gasteiger partial charge on any atom is 0.255 e. The van der Waals surface area contributed by atoms with Gasteiger partial charge in [-0.3, -0.25) is 14.6 Å². The number of para-hydroxylation sites is 1. The Hall–Kier alpha value is -3.48. The number of nitrogens with zero attached hydrogens (tertiary/aromatic N) is 3. The van der Waals surface area contributed by atoms with Crippen LogP contribution in [0.2, 0.25) is 0 Å². The second-order valence-corrected chi connectivity index (χ2v) is 7.85. The summed E-state index contributed by atoms with van der Waals surface area (Å²) in [5.74, 6) is -0.619. The summed E-state index contributed by atoms with van der Waals surface area (Å²) in [7, 11) is 0. The number of pyridine rings is 1. The average Bonchev–Trinajstić information content (AvgIpc) is 3.13. The van der Waals surface area contributed by atoms with Gasteiger partial charge in [0.25, 0.3) is 5.91 Å². The Morgan fingerprint density at radius 3 is 2.41 bits per heavy atom. The fraction of sp³-hybridized carbons (Fsp3) is 0.273. The number of carbonyl (C=O) groups excluding carboxylic acids is 2. The normalized spacial score (nSPS) is 12.3. The predicted octanol–water partition coefficient (Wildman–Crippen LogP) is 2.97. The molecule has 0 radical (unpaired) electrons. The molecule has 1 atom stereocenters. The number of rotatable bonds is 5. The zero-order valence-electron chi connectivity index (χ0n) is 17.0. The second kappa shape index (κ2) is 8.26. The summed E-state index contributed by atoms with van der Waals surface area (Å²) in [6.07, 6.45) is 4.99. The lowest BCUT2D eigenvalue weighted by Crippen LogP contribution is -2.50. The van der Waals surface area contributed by atoms with Crippen LogP contribution in [-0.2, 0) is 4.79 Å². The Bertz CT molecular complexity index is 991. The molecule has 7 nitrogen and oxygen atoms in total. The third-order valence-corrected chi connectivity index (χ3v) is 4.15. The summed E-state index contributed by atoms with van der Waals surface area (Å²) in [5.41, 5.74) is 2.05. The van der Waals surface area contributed by atoms with E-state index in [1.165, 1.54) is 0 Å². The molecule has 0 aliphatic carbocycles. The highest BCUT2D eigenvalue weighted by Crippen LogP contribution is 2.23.